The van der Waals surface area contributed by atoms with Crippen LogP contribution in [-0.2, 0) is 58.2 Å². The molecule has 0 aliphatic carbocycles. The summed E-state index contributed by atoms with van der Waals surface area (Å²) in [6.07, 6.45) is 34.2. The third kappa shape index (κ3) is 104. The highest BCUT2D eigenvalue weighted by Gasteiger charge is 2.64. The van der Waals surface area contributed by atoms with Crippen LogP contribution in [0.15, 0.2) is 93.3 Å². The number of hydrogen-bond acceptors (Lipinski definition) is 24. The van der Waals surface area contributed by atoms with Gasteiger partial charge in [0.1, 0.15) is 18.5 Å². The number of aldehydes is 1. The van der Waals surface area contributed by atoms with Gasteiger partial charge in [-0.2, -0.15) is 8.42 Å². The third-order valence-corrected chi connectivity index (χ3v) is 17.9. The zero-order chi connectivity index (χ0) is 97.5. The van der Waals surface area contributed by atoms with Gasteiger partial charge in [0.2, 0.25) is 24.3 Å². The fourth-order valence-corrected chi connectivity index (χ4v) is 10.1. The van der Waals surface area contributed by atoms with E-state index in [9.17, 15) is 94.3 Å². The number of aliphatic hydroxyl groups excluding tert-OH is 2. The number of esters is 3. The Hall–Kier alpha value is -8.04. The zero-order valence-corrected chi connectivity index (χ0v) is 81.0. The van der Waals surface area contributed by atoms with E-state index in [1.54, 1.807) is 19.9 Å². The molecule has 1 aliphatic rings. The van der Waals surface area contributed by atoms with Crippen molar-refractivity contribution in [1.82, 2.24) is 0 Å². The van der Waals surface area contributed by atoms with Gasteiger partial charge in [0.25, 0.3) is 0 Å². The predicted octanol–water partition coefficient (Wildman–Crippen LogP) is 21.5. The van der Waals surface area contributed by atoms with Crippen molar-refractivity contribution in [3.8, 4) is 0 Å². The van der Waals surface area contributed by atoms with Crippen LogP contribution in [0.5, 0.6) is 0 Å². The molecule has 122 heavy (non-hydrogen) atoms. The van der Waals surface area contributed by atoms with E-state index < -0.39 is 74.3 Å². The molecule has 0 aromatic carbocycles. The van der Waals surface area contributed by atoms with Gasteiger partial charge in [-0.05, 0) is 273 Å². The largest absolute Gasteiger partial charge is 0.455 e. The first-order valence-electron chi connectivity index (χ1n) is 42.2. The molecule has 32 heteroatoms. The molecule has 0 bridgehead atoms. The maximum Gasteiger partial charge on any atom is 0.394 e. The molecule has 14 unspecified atom stereocenters. The van der Waals surface area contributed by atoms with Gasteiger partial charge in [-0.3, -0.25) is 93.2 Å². The third-order valence-electron chi connectivity index (χ3n) is 17.9. The lowest BCUT2D eigenvalue weighted by atomic mass is 9.95. The van der Waals surface area contributed by atoms with Gasteiger partial charge in [-0.25, -0.2) is 0 Å². The van der Waals surface area contributed by atoms with E-state index in [-0.39, 0.29) is 56.4 Å². The Morgan fingerprint density at radius 2 is 0.754 bits per heavy atom. The van der Waals surface area contributed by atoms with Gasteiger partial charge in [-0.1, -0.05) is 130 Å². The van der Waals surface area contributed by atoms with Crippen LogP contribution < -0.4 is 0 Å². The Morgan fingerprint density at radius 1 is 0.451 bits per heavy atom. The molecule has 0 aromatic rings. The van der Waals surface area contributed by atoms with Crippen LogP contribution in [0.3, 0.4) is 0 Å². The SMILES string of the molecule is CC(=O)C(=O)CC(C)CCC=C(C)C.CC(=O)C(O)CC(C)CCC=C(C)C.CC(=O)OC(C)=O.CC(=O)OC(CC(C)CCC=C(C)C)C(C)[N+](=O)[O-].CC(C)=CCCC(C)C/C=C(\C)[N+](=O)[O-].CC(C)=CCCC(C)CC(O)C(C)[N+](=O)[O-].CC(C)=CCCC(C)CC1OC1(C)[N+](=O)[O-].CC(C)=CCCC(C)CC=O.CC[N+](=O)[O-].O=S(=O)(O)O. The van der Waals surface area contributed by atoms with Crippen LogP contribution >= 0.6 is 0 Å². The van der Waals surface area contributed by atoms with Gasteiger partial charge in [0.05, 0.1) is 9.85 Å². The molecule has 1 rings (SSSR count). The van der Waals surface area contributed by atoms with Crippen molar-refractivity contribution in [2.24, 2.45) is 41.4 Å². The Bertz CT molecular complexity index is 3320. The van der Waals surface area contributed by atoms with Gasteiger partial charge >= 0.3 is 34.0 Å². The molecule has 1 saturated heterocycles. The summed E-state index contributed by atoms with van der Waals surface area (Å²) < 4.78 is 45.8. The number of ketones is 3. The van der Waals surface area contributed by atoms with Crippen molar-refractivity contribution in [2.75, 3.05) is 6.54 Å². The van der Waals surface area contributed by atoms with Gasteiger partial charge < -0.3 is 24.5 Å². The number of aliphatic hydroxyl groups is 2. The molecule has 0 aromatic heterocycles. The summed E-state index contributed by atoms with van der Waals surface area (Å²) in [6, 6.07) is -1.74. The normalized spacial score (nSPS) is 15.4. The summed E-state index contributed by atoms with van der Waals surface area (Å²) in [7, 11) is -4.67. The minimum absolute atomic E-state index is 0.0278. The molecule has 0 saturated carbocycles. The zero-order valence-electron chi connectivity index (χ0n) is 80.2. The van der Waals surface area contributed by atoms with Crippen molar-refractivity contribution in [3.05, 3.63) is 144 Å². The monoisotopic (exact) mass is 1760 g/mol. The highest BCUT2D eigenvalue weighted by molar-refractivity contribution is 7.79. The number of nitro groups is 5. The number of epoxide rings is 1. The van der Waals surface area contributed by atoms with Crippen LogP contribution in [0.25, 0.3) is 0 Å². The lowest BCUT2D eigenvalue weighted by Crippen LogP contribution is -2.35. The maximum absolute atomic E-state index is 11.1. The topological polar surface area (TPSA) is 481 Å². The van der Waals surface area contributed by atoms with Crippen molar-refractivity contribution in [1.29, 1.82) is 0 Å². The van der Waals surface area contributed by atoms with E-state index in [0.29, 0.717) is 67.6 Å². The Morgan fingerprint density at radius 3 is 1.01 bits per heavy atom. The van der Waals surface area contributed by atoms with E-state index in [0.717, 1.165) is 109 Å². The second-order valence-corrected chi connectivity index (χ2v) is 34.5. The smallest absolute Gasteiger partial charge is 0.394 e. The highest BCUT2D eigenvalue weighted by Crippen LogP contribution is 2.41. The Balaban J connectivity index is -0.000000169. The molecule has 710 valence electrons. The summed E-state index contributed by atoms with van der Waals surface area (Å²) in [4.78, 5) is 123. The predicted molar refractivity (Wildman–Crippen MR) is 485 cm³/mol. The Labute approximate surface area is 732 Å². The van der Waals surface area contributed by atoms with Crippen LogP contribution in [0.4, 0.5) is 0 Å². The first-order valence-corrected chi connectivity index (χ1v) is 43.5. The molecule has 1 fully saturated rings. The lowest BCUT2D eigenvalue weighted by molar-refractivity contribution is -0.558. The average molecular weight is 1760 g/mol. The summed E-state index contributed by atoms with van der Waals surface area (Å²) in [5.41, 5.74) is 8.34. The van der Waals surface area contributed by atoms with E-state index in [1.807, 2.05) is 48.5 Å². The lowest BCUT2D eigenvalue weighted by Gasteiger charge is -2.21. The summed E-state index contributed by atoms with van der Waals surface area (Å²) in [5, 5.41) is 70.4. The molecular formula is C90H163N5O26S. The molecule has 1 heterocycles. The summed E-state index contributed by atoms with van der Waals surface area (Å²) in [6.45, 7) is 57.5. The van der Waals surface area contributed by atoms with Crippen LogP contribution in [0.1, 0.15) is 349 Å². The van der Waals surface area contributed by atoms with Crippen molar-refractivity contribution in [2.45, 2.75) is 392 Å². The number of carbonyl (C=O) groups is 7. The van der Waals surface area contributed by atoms with Gasteiger partial charge in [0.15, 0.2) is 29.6 Å². The van der Waals surface area contributed by atoms with Crippen LogP contribution in [-0.4, -0.2) is 143 Å². The molecule has 0 radical (unpaired) electrons. The maximum atomic E-state index is 11.1. The fraction of sp³-hybridized carbons (Fsp3) is 0.744. The quantitative estimate of drug-likeness (QED) is 0.00506. The van der Waals surface area contributed by atoms with E-state index in [1.165, 1.54) is 94.4 Å². The van der Waals surface area contributed by atoms with Crippen molar-refractivity contribution >= 4 is 51.9 Å². The van der Waals surface area contributed by atoms with Gasteiger partial charge in [0, 0.05) is 89.9 Å². The number of rotatable bonds is 45. The summed E-state index contributed by atoms with van der Waals surface area (Å²) in [5.74, 6) is 0.561. The molecule has 0 amide bonds. The second-order valence-electron chi connectivity index (χ2n) is 33.6. The molecule has 4 N–H and O–H groups in total. The highest BCUT2D eigenvalue weighted by atomic mass is 32.3. The number of allylic oxidation sites excluding steroid dienone is 16. The minimum Gasteiger partial charge on any atom is -0.455 e. The van der Waals surface area contributed by atoms with Crippen molar-refractivity contribution in [3.63, 3.8) is 0 Å². The molecular weight excluding hydrogens is 1600 g/mol. The summed E-state index contributed by atoms with van der Waals surface area (Å²) >= 11 is 0. The molecule has 1 aliphatic heterocycles. The average Bonchev–Trinajstić information content (AvgIpc) is 1.61. The van der Waals surface area contributed by atoms with Crippen molar-refractivity contribution < 1.29 is 100 Å². The number of nitrogens with zero attached hydrogens (tertiary/aromatic N) is 5. The molecule has 0 spiro atoms. The molecule has 31 nitrogen and oxygen atoms in total. The number of ether oxygens (including phenoxy) is 3. The standard InChI is InChI=1S/C14H25NO4.C12H21NO3.C12H23NO3.C12H21NO2.C12H22O2.C12H20O2.C10H18O.C4H6O3.C2H5NO2.H2O4S/c1-10(2)7-6-8-11(3)9-14(19-13(5)16)12(4)15(17)18;1-9(2)6-5-7-10(3)8-11-12(4,16-11)13(14)15;1-9(2)6-5-7-10(3)8-12(14)11(4)13(15)16;1-10(2)6-5-7-11(3)8-9-12(4)13(14)15;2*1-9(2)6-5-7-10(3)8-12(14)11(4)13;1-9(2)5-4-6-10(3)7-8-11;1-3(5)7-4(2)6;1-2-3(4)5;1-5(2,3)4/h7,11-12,14H,6,8-9H2,1-5H3;6,10-11H,5,7-8H2,1-4H3;6,10-12,14H,5,7-8H2,1-4H3;6,9,11H,5,7-8H2,1-4H3;6,10,12,14H,5,7-8H2,1-4H3;6,10H,5,7-8H2,1-4H3;5,8,10H,4,6-7H2,1-3H3;1-2H3;2H2,1H3;(H2,1,2,3,4)/b;;;12-9+;;;;;;. The van der Waals surface area contributed by atoms with E-state index in [4.69, 9.17) is 27.0 Å². The van der Waals surface area contributed by atoms with E-state index >= 15 is 0 Å². The fourth-order valence-electron chi connectivity index (χ4n) is 10.1. The number of hydrogen-bond donors (Lipinski definition) is 4. The van der Waals surface area contributed by atoms with Gasteiger partial charge in [-0.15, -0.1) is 0 Å². The van der Waals surface area contributed by atoms with Crippen LogP contribution in [0.2, 0.25) is 0 Å². The van der Waals surface area contributed by atoms with E-state index in [2.05, 4.69) is 144 Å². The van der Waals surface area contributed by atoms with Crippen LogP contribution in [0, 0.1) is 92.0 Å². The number of Topliss-reactive ketones (excluding diaryl/α,β-unsaturated/α-hetero) is 3. The molecule has 14 atom stereocenters. The first kappa shape index (κ1) is 132. The number of carbonyl (C=O) groups excluding carboxylic acids is 7. The first-order chi connectivity index (χ1) is 55.8. The Kier molecular flexibility index (Phi) is 85.4. The second kappa shape index (κ2) is 78.9. The minimum atomic E-state index is -4.67.